The summed E-state index contributed by atoms with van der Waals surface area (Å²) in [5.41, 5.74) is 1.75. The second kappa shape index (κ2) is 7.97. The summed E-state index contributed by atoms with van der Waals surface area (Å²) in [6.45, 7) is 5.50. The molecule has 0 spiro atoms. The Morgan fingerprint density at radius 2 is 1.83 bits per heavy atom. The van der Waals surface area contributed by atoms with Crippen LogP contribution in [-0.2, 0) is 9.53 Å². The fourth-order valence-corrected chi connectivity index (χ4v) is 2.95. The number of nitro benzene ring substituents is 1. The fourth-order valence-electron chi connectivity index (χ4n) is 2.10. The van der Waals surface area contributed by atoms with Crippen LogP contribution in [0.5, 0.6) is 0 Å². The maximum absolute atomic E-state index is 12.2. The van der Waals surface area contributed by atoms with Gasteiger partial charge in [-0.1, -0.05) is 29.8 Å². The third kappa shape index (κ3) is 4.83. The summed E-state index contributed by atoms with van der Waals surface area (Å²) in [5, 5.41) is 10.5. The van der Waals surface area contributed by atoms with Crippen LogP contribution in [0.2, 0.25) is 0 Å². The Hall–Kier alpha value is -2.34. The predicted octanol–water partition coefficient (Wildman–Crippen LogP) is 4.69. The number of hydrogen-bond acceptors (Lipinski definition) is 5. The quantitative estimate of drug-likeness (QED) is 0.329. The lowest BCUT2D eigenvalue weighted by Crippen LogP contribution is -2.18. The molecule has 0 aromatic heterocycles. The molecule has 2 aromatic rings. The van der Waals surface area contributed by atoms with Crippen LogP contribution in [0.15, 0.2) is 53.4 Å². The molecule has 0 bridgehead atoms. The molecule has 0 unspecified atom stereocenters. The number of ether oxygens (including phenoxy) is 1. The number of carbonyl (C=O) groups excluding carboxylic acids is 1. The molecule has 2 aromatic carbocycles. The summed E-state index contributed by atoms with van der Waals surface area (Å²) in [7, 11) is 0. The van der Waals surface area contributed by atoms with E-state index in [1.165, 1.54) is 23.9 Å². The van der Waals surface area contributed by atoms with E-state index in [1.807, 2.05) is 31.2 Å². The molecule has 5 nitrogen and oxygen atoms in total. The van der Waals surface area contributed by atoms with Crippen molar-refractivity contribution in [1.82, 2.24) is 0 Å². The van der Waals surface area contributed by atoms with Crippen molar-refractivity contribution in [2.24, 2.45) is 0 Å². The van der Waals surface area contributed by atoms with Gasteiger partial charge in [0.05, 0.1) is 4.92 Å². The summed E-state index contributed by atoms with van der Waals surface area (Å²) in [6.07, 6.45) is -0.543. The molecular weight excluding hydrogens is 326 g/mol. The zero-order valence-corrected chi connectivity index (χ0v) is 14.6. The summed E-state index contributed by atoms with van der Waals surface area (Å²) >= 11 is 1.42. The van der Waals surface area contributed by atoms with Crippen molar-refractivity contribution >= 4 is 23.4 Å². The Morgan fingerprint density at radius 1 is 1.17 bits per heavy atom. The molecule has 0 saturated heterocycles. The first-order chi connectivity index (χ1) is 11.4. The van der Waals surface area contributed by atoms with Gasteiger partial charge in [-0.2, -0.15) is 0 Å². The molecule has 0 radical (unpaired) electrons. The molecule has 126 valence electrons. The second-order valence-corrected chi connectivity index (χ2v) is 6.92. The smallest absolute Gasteiger partial charge is 0.319 e. The molecule has 0 amide bonds. The zero-order chi connectivity index (χ0) is 17.7. The number of aryl methyl sites for hydroxylation is 1. The predicted molar refractivity (Wildman–Crippen MR) is 94.1 cm³/mol. The average Bonchev–Trinajstić information content (AvgIpc) is 2.56. The Labute approximate surface area is 145 Å². The van der Waals surface area contributed by atoms with E-state index in [4.69, 9.17) is 4.74 Å². The van der Waals surface area contributed by atoms with E-state index in [0.717, 1.165) is 10.5 Å². The maximum Gasteiger partial charge on any atom is 0.319 e. The van der Waals surface area contributed by atoms with Gasteiger partial charge in [-0.3, -0.25) is 14.9 Å². The van der Waals surface area contributed by atoms with E-state index < -0.39 is 11.0 Å². The van der Waals surface area contributed by atoms with Crippen molar-refractivity contribution < 1.29 is 14.5 Å². The Morgan fingerprint density at radius 3 is 2.46 bits per heavy atom. The van der Waals surface area contributed by atoms with E-state index in [9.17, 15) is 14.9 Å². The van der Waals surface area contributed by atoms with Gasteiger partial charge >= 0.3 is 5.97 Å². The van der Waals surface area contributed by atoms with Crippen molar-refractivity contribution in [3.8, 4) is 0 Å². The highest BCUT2D eigenvalue weighted by Gasteiger charge is 2.20. The van der Waals surface area contributed by atoms with E-state index in [1.54, 1.807) is 26.0 Å². The maximum atomic E-state index is 12.2. The Bertz CT molecular complexity index is 730. The highest BCUT2D eigenvalue weighted by Crippen LogP contribution is 2.27. The molecule has 0 aliphatic heterocycles. The number of hydrogen-bond donors (Lipinski definition) is 0. The molecule has 0 saturated carbocycles. The normalized spacial score (nSPS) is 13.1. The second-order valence-electron chi connectivity index (χ2n) is 5.50. The van der Waals surface area contributed by atoms with Gasteiger partial charge in [0, 0.05) is 17.0 Å². The zero-order valence-electron chi connectivity index (χ0n) is 13.8. The minimum Gasteiger partial charge on any atom is -0.457 e. The number of nitrogens with zero attached hydrogens (tertiary/aromatic N) is 1. The molecule has 0 heterocycles. The Kier molecular flexibility index (Phi) is 5.98. The SMILES string of the molecule is Cc1ccc(S[C@@H](C)C(=O)O[C@@H](C)c2cccc([N+](=O)[O-])c2)cc1. The summed E-state index contributed by atoms with van der Waals surface area (Å²) in [5.74, 6) is -0.348. The van der Waals surface area contributed by atoms with Crippen molar-refractivity contribution in [3.63, 3.8) is 0 Å². The minimum absolute atomic E-state index is 0.0162. The van der Waals surface area contributed by atoms with E-state index in [2.05, 4.69) is 0 Å². The fraction of sp³-hybridized carbons (Fsp3) is 0.278. The number of thioether (sulfide) groups is 1. The number of carbonyl (C=O) groups is 1. The molecular formula is C18H19NO4S. The standard InChI is InChI=1S/C18H19NO4S/c1-12-7-9-17(10-8-12)24-14(3)18(20)23-13(2)15-5-4-6-16(11-15)19(21)22/h4-11,13-14H,1-3H3/t13-,14-/m0/s1. The van der Waals surface area contributed by atoms with E-state index in [0.29, 0.717) is 5.56 Å². The third-order valence-corrected chi connectivity index (χ3v) is 4.60. The van der Waals surface area contributed by atoms with E-state index >= 15 is 0 Å². The number of rotatable bonds is 6. The highest BCUT2D eigenvalue weighted by atomic mass is 32.2. The molecule has 2 rings (SSSR count). The first-order valence-corrected chi connectivity index (χ1v) is 8.43. The molecule has 0 N–H and O–H groups in total. The Balaban J connectivity index is 1.98. The summed E-state index contributed by atoms with van der Waals surface area (Å²) in [6, 6.07) is 14.1. The molecule has 24 heavy (non-hydrogen) atoms. The highest BCUT2D eigenvalue weighted by molar-refractivity contribution is 8.00. The average molecular weight is 345 g/mol. The number of benzene rings is 2. The van der Waals surface area contributed by atoms with Gasteiger partial charge in [0.15, 0.2) is 0 Å². The lowest BCUT2D eigenvalue weighted by atomic mass is 10.1. The topological polar surface area (TPSA) is 69.4 Å². The van der Waals surface area contributed by atoms with Crippen molar-refractivity contribution in [1.29, 1.82) is 0 Å². The first kappa shape index (κ1) is 18.0. The molecule has 0 fully saturated rings. The van der Waals surface area contributed by atoms with Crippen LogP contribution in [-0.4, -0.2) is 16.1 Å². The van der Waals surface area contributed by atoms with Crippen molar-refractivity contribution in [2.75, 3.05) is 0 Å². The van der Waals surface area contributed by atoms with Crippen molar-refractivity contribution in [2.45, 2.75) is 37.0 Å². The van der Waals surface area contributed by atoms with Crippen LogP contribution in [0.3, 0.4) is 0 Å². The monoisotopic (exact) mass is 345 g/mol. The van der Waals surface area contributed by atoms with Gasteiger partial charge in [0.1, 0.15) is 11.4 Å². The van der Waals surface area contributed by atoms with E-state index in [-0.39, 0.29) is 16.9 Å². The third-order valence-electron chi connectivity index (χ3n) is 3.51. The van der Waals surface area contributed by atoms with Gasteiger partial charge in [-0.05, 0) is 38.5 Å². The van der Waals surface area contributed by atoms with Crippen molar-refractivity contribution in [3.05, 3.63) is 69.8 Å². The summed E-state index contributed by atoms with van der Waals surface area (Å²) in [4.78, 5) is 23.6. The van der Waals surface area contributed by atoms with Gasteiger partial charge in [0.2, 0.25) is 0 Å². The molecule has 6 heteroatoms. The van der Waals surface area contributed by atoms with Gasteiger partial charge in [-0.15, -0.1) is 11.8 Å². The van der Waals surface area contributed by atoms with Crippen LogP contribution in [0.25, 0.3) is 0 Å². The lowest BCUT2D eigenvalue weighted by molar-refractivity contribution is -0.385. The van der Waals surface area contributed by atoms with Crippen LogP contribution in [0.4, 0.5) is 5.69 Å². The van der Waals surface area contributed by atoms with Crippen LogP contribution in [0, 0.1) is 17.0 Å². The number of esters is 1. The van der Waals surface area contributed by atoms with Gasteiger partial charge < -0.3 is 4.74 Å². The minimum atomic E-state index is -0.543. The number of non-ortho nitro benzene ring substituents is 1. The number of nitro groups is 1. The van der Waals surface area contributed by atoms with Crippen LogP contribution < -0.4 is 0 Å². The molecule has 0 aliphatic carbocycles. The molecule has 0 aliphatic rings. The van der Waals surface area contributed by atoms with Crippen LogP contribution >= 0.6 is 11.8 Å². The lowest BCUT2D eigenvalue weighted by Gasteiger charge is -2.17. The first-order valence-electron chi connectivity index (χ1n) is 7.55. The largest absolute Gasteiger partial charge is 0.457 e. The molecule has 2 atom stereocenters. The summed E-state index contributed by atoms with van der Waals surface area (Å²) < 4.78 is 5.45. The van der Waals surface area contributed by atoms with Gasteiger partial charge in [-0.25, -0.2) is 0 Å². The van der Waals surface area contributed by atoms with Gasteiger partial charge in [0.25, 0.3) is 5.69 Å². The van der Waals surface area contributed by atoms with Crippen LogP contribution in [0.1, 0.15) is 31.1 Å².